The molecular weight excluding hydrogens is 191 g/mol. The first-order valence-electron chi connectivity index (χ1n) is 5.29. The molecule has 0 spiro atoms. The second-order valence-corrected chi connectivity index (χ2v) is 3.99. The summed E-state index contributed by atoms with van der Waals surface area (Å²) < 4.78 is 12.9. The van der Waals surface area contributed by atoms with E-state index in [1.807, 2.05) is 11.8 Å². The highest BCUT2D eigenvalue weighted by Gasteiger charge is 2.17. The lowest BCUT2D eigenvalue weighted by Gasteiger charge is -2.30. The van der Waals surface area contributed by atoms with Gasteiger partial charge in [-0.2, -0.15) is 0 Å². The van der Waals surface area contributed by atoms with E-state index in [-0.39, 0.29) is 5.82 Å². The molecule has 1 fully saturated rings. The first kappa shape index (κ1) is 10.1. The van der Waals surface area contributed by atoms with Crippen LogP contribution in [0.1, 0.15) is 24.8 Å². The SMILES string of the molecule is Cc1cc(F)ccc1N1CCCCC1=N. The molecule has 0 saturated carbocycles. The summed E-state index contributed by atoms with van der Waals surface area (Å²) in [5.74, 6) is 0.441. The van der Waals surface area contributed by atoms with Gasteiger partial charge in [-0.05, 0) is 43.5 Å². The molecule has 1 heterocycles. The number of anilines is 1. The molecule has 2 rings (SSSR count). The van der Waals surface area contributed by atoms with Gasteiger partial charge in [0.25, 0.3) is 0 Å². The van der Waals surface area contributed by atoms with Crippen LogP contribution < -0.4 is 4.90 Å². The Hall–Kier alpha value is -1.38. The molecule has 1 aliphatic heterocycles. The highest BCUT2D eigenvalue weighted by Crippen LogP contribution is 2.25. The minimum Gasteiger partial charge on any atom is -0.330 e. The van der Waals surface area contributed by atoms with Crippen molar-refractivity contribution < 1.29 is 4.39 Å². The molecule has 80 valence electrons. The second kappa shape index (κ2) is 4.01. The average Bonchev–Trinajstić information content (AvgIpc) is 2.20. The number of nitrogens with one attached hydrogen (secondary N) is 1. The number of hydrogen-bond donors (Lipinski definition) is 1. The third-order valence-corrected chi connectivity index (χ3v) is 2.82. The van der Waals surface area contributed by atoms with E-state index < -0.39 is 0 Å². The maximum atomic E-state index is 12.9. The number of rotatable bonds is 1. The van der Waals surface area contributed by atoms with Crippen LogP contribution in [0.4, 0.5) is 10.1 Å². The van der Waals surface area contributed by atoms with Crippen LogP contribution in [0.3, 0.4) is 0 Å². The van der Waals surface area contributed by atoms with Crippen molar-refractivity contribution in [3.63, 3.8) is 0 Å². The van der Waals surface area contributed by atoms with E-state index in [9.17, 15) is 4.39 Å². The summed E-state index contributed by atoms with van der Waals surface area (Å²) in [5.41, 5.74) is 1.88. The largest absolute Gasteiger partial charge is 0.330 e. The highest BCUT2D eigenvalue weighted by atomic mass is 19.1. The molecular formula is C12H15FN2. The zero-order chi connectivity index (χ0) is 10.8. The summed E-state index contributed by atoms with van der Waals surface area (Å²) in [4.78, 5) is 1.98. The zero-order valence-corrected chi connectivity index (χ0v) is 8.89. The second-order valence-electron chi connectivity index (χ2n) is 3.99. The van der Waals surface area contributed by atoms with Crippen LogP contribution in [0.25, 0.3) is 0 Å². The fourth-order valence-electron chi connectivity index (χ4n) is 2.02. The van der Waals surface area contributed by atoms with Crippen LogP contribution in [-0.4, -0.2) is 12.4 Å². The van der Waals surface area contributed by atoms with E-state index in [2.05, 4.69) is 0 Å². The lowest BCUT2D eigenvalue weighted by molar-refractivity contribution is 0.626. The van der Waals surface area contributed by atoms with Crippen molar-refractivity contribution in [3.05, 3.63) is 29.6 Å². The van der Waals surface area contributed by atoms with Crippen molar-refractivity contribution in [1.82, 2.24) is 0 Å². The van der Waals surface area contributed by atoms with Gasteiger partial charge < -0.3 is 4.90 Å². The van der Waals surface area contributed by atoms with Crippen LogP contribution in [0, 0.1) is 18.2 Å². The van der Waals surface area contributed by atoms with Crippen molar-refractivity contribution in [3.8, 4) is 0 Å². The molecule has 1 aromatic carbocycles. The number of benzene rings is 1. The van der Waals surface area contributed by atoms with Gasteiger partial charge in [-0.15, -0.1) is 0 Å². The summed E-state index contributed by atoms with van der Waals surface area (Å²) in [7, 11) is 0. The molecule has 0 aliphatic carbocycles. The van der Waals surface area contributed by atoms with Gasteiger partial charge in [-0.1, -0.05) is 0 Å². The fourth-order valence-corrected chi connectivity index (χ4v) is 2.02. The van der Waals surface area contributed by atoms with E-state index in [0.717, 1.165) is 37.1 Å². The summed E-state index contributed by atoms with van der Waals surface area (Å²) in [6.45, 7) is 2.77. The first-order chi connectivity index (χ1) is 7.18. The van der Waals surface area contributed by atoms with Crippen molar-refractivity contribution in [2.75, 3.05) is 11.4 Å². The molecule has 0 unspecified atom stereocenters. The summed E-state index contributed by atoms with van der Waals surface area (Å²) in [6.07, 6.45) is 3.03. The summed E-state index contributed by atoms with van der Waals surface area (Å²) in [5, 5.41) is 7.87. The van der Waals surface area contributed by atoms with Crippen LogP contribution in [0.2, 0.25) is 0 Å². The molecule has 3 heteroatoms. The Morgan fingerprint density at radius 3 is 2.80 bits per heavy atom. The first-order valence-corrected chi connectivity index (χ1v) is 5.29. The van der Waals surface area contributed by atoms with E-state index >= 15 is 0 Å². The van der Waals surface area contributed by atoms with Crippen LogP contribution in [0.5, 0.6) is 0 Å². The molecule has 0 amide bonds. The minimum atomic E-state index is -0.209. The standard InChI is InChI=1S/C12H15FN2/c1-9-8-10(13)5-6-11(9)15-7-3-2-4-12(15)14/h5-6,8,14H,2-4,7H2,1H3. The Bertz CT molecular complexity index is 387. The van der Waals surface area contributed by atoms with Crippen molar-refractivity contribution >= 4 is 11.5 Å². The van der Waals surface area contributed by atoms with Gasteiger partial charge in [0.05, 0.1) is 0 Å². The van der Waals surface area contributed by atoms with Gasteiger partial charge >= 0.3 is 0 Å². The maximum Gasteiger partial charge on any atom is 0.123 e. The third-order valence-electron chi connectivity index (χ3n) is 2.82. The molecule has 0 atom stereocenters. The average molecular weight is 206 g/mol. The van der Waals surface area contributed by atoms with Gasteiger partial charge in [0.2, 0.25) is 0 Å². The van der Waals surface area contributed by atoms with Crippen LogP contribution in [0.15, 0.2) is 18.2 Å². The van der Waals surface area contributed by atoms with E-state index in [1.165, 1.54) is 12.1 Å². The molecule has 0 aromatic heterocycles. The number of halogens is 1. The maximum absolute atomic E-state index is 12.9. The Kier molecular flexibility index (Phi) is 2.71. The summed E-state index contributed by atoms with van der Waals surface area (Å²) >= 11 is 0. The fraction of sp³-hybridized carbons (Fsp3) is 0.417. The molecule has 1 N–H and O–H groups in total. The van der Waals surface area contributed by atoms with Gasteiger partial charge in [0, 0.05) is 18.7 Å². The lowest BCUT2D eigenvalue weighted by Crippen LogP contribution is -2.35. The quantitative estimate of drug-likeness (QED) is 0.751. The number of amidine groups is 1. The highest BCUT2D eigenvalue weighted by molar-refractivity contribution is 5.96. The number of aryl methyl sites for hydroxylation is 1. The monoisotopic (exact) mass is 206 g/mol. The molecule has 1 saturated heterocycles. The normalized spacial score (nSPS) is 16.9. The Labute approximate surface area is 89.2 Å². The van der Waals surface area contributed by atoms with Crippen LogP contribution >= 0.6 is 0 Å². The smallest absolute Gasteiger partial charge is 0.123 e. The zero-order valence-electron chi connectivity index (χ0n) is 8.89. The van der Waals surface area contributed by atoms with Gasteiger partial charge in [-0.3, -0.25) is 5.41 Å². The van der Waals surface area contributed by atoms with Gasteiger partial charge in [-0.25, -0.2) is 4.39 Å². The Morgan fingerprint density at radius 1 is 1.33 bits per heavy atom. The molecule has 0 bridgehead atoms. The number of piperidine rings is 1. The molecule has 1 aliphatic rings. The van der Waals surface area contributed by atoms with E-state index in [0.29, 0.717) is 5.84 Å². The van der Waals surface area contributed by atoms with Gasteiger partial charge in [0.1, 0.15) is 11.7 Å². The molecule has 0 radical (unpaired) electrons. The van der Waals surface area contributed by atoms with E-state index in [1.54, 1.807) is 6.07 Å². The minimum absolute atomic E-state index is 0.209. The topological polar surface area (TPSA) is 27.1 Å². The molecule has 1 aromatic rings. The number of nitrogens with zero attached hydrogens (tertiary/aromatic N) is 1. The van der Waals surface area contributed by atoms with Crippen molar-refractivity contribution in [1.29, 1.82) is 5.41 Å². The van der Waals surface area contributed by atoms with Crippen LogP contribution in [-0.2, 0) is 0 Å². The summed E-state index contributed by atoms with van der Waals surface area (Å²) in [6, 6.07) is 4.76. The lowest BCUT2D eigenvalue weighted by atomic mass is 10.1. The predicted octanol–water partition coefficient (Wildman–Crippen LogP) is 3.10. The third kappa shape index (κ3) is 2.01. The molecule has 2 nitrogen and oxygen atoms in total. The van der Waals surface area contributed by atoms with E-state index in [4.69, 9.17) is 5.41 Å². The van der Waals surface area contributed by atoms with Crippen molar-refractivity contribution in [2.45, 2.75) is 26.2 Å². The molecule has 15 heavy (non-hydrogen) atoms. The Balaban J connectivity index is 2.31. The predicted molar refractivity (Wildman–Crippen MR) is 60.1 cm³/mol. The van der Waals surface area contributed by atoms with Gasteiger partial charge in [0.15, 0.2) is 0 Å². The number of hydrogen-bond acceptors (Lipinski definition) is 1. The van der Waals surface area contributed by atoms with Crippen molar-refractivity contribution in [2.24, 2.45) is 0 Å². The Morgan fingerprint density at radius 2 is 2.13 bits per heavy atom.